The van der Waals surface area contributed by atoms with E-state index in [0.717, 1.165) is 36.7 Å². The Bertz CT molecular complexity index is 1060. The molecule has 0 aliphatic carbocycles. The number of likely N-dealkylation sites (tertiary alicyclic amines) is 1. The Morgan fingerprint density at radius 2 is 2.29 bits per heavy atom. The number of fused-ring (bicyclic) bond motifs is 1. The first-order chi connectivity index (χ1) is 14.8. The zero-order valence-electron chi connectivity index (χ0n) is 16.9. The van der Waals surface area contributed by atoms with Gasteiger partial charge in [-0.3, -0.25) is 19.5 Å². The van der Waals surface area contributed by atoms with Crippen LogP contribution in [0.15, 0.2) is 35.1 Å². The van der Waals surface area contributed by atoms with Crippen molar-refractivity contribution in [1.82, 2.24) is 20.2 Å². The molecule has 0 bridgehead atoms. The minimum absolute atomic E-state index is 0.134. The van der Waals surface area contributed by atoms with E-state index in [2.05, 4.69) is 31.2 Å². The van der Waals surface area contributed by atoms with Crippen molar-refractivity contribution in [3.63, 3.8) is 0 Å². The first-order valence-electron chi connectivity index (χ1n) is 10.00. The number of halogens is 2. The maximum Gasteiger partial charge on any atom is 0.237 e. The summed E-state index contributed by atoms with van der Waals surface area (Å²) >= 11 is 11.1. The molecule has 31 heavy (non-hydrogen) atoms. The Balaban J connectivity index is 1.39. The lowest BCUT2D eigenvalue weighted by molar-refractivity contribution is -0.129. The number of thiophene rings is 1. The van der Waals surface area contributed by atoms with Crippen LogP contribution in [-0.2, 0) is 22.6 Å². The van der Waals surface area contributed by atoms with E-state index in [0.29, 0.717) is 19.5 Å². The van der Waals surface area contributed by atoms with Gasteiger partial charge in [-0.2, -0.15) is 0 Å². The van der Waals surface area contributed by atoms with Crippen LogP contribution in [0.3, 0.4) is 0 Å². The number of aromatic amines is 1. The Labute approximate surface area is 197 Å². The maximum absolute atomic E-state index is 12.8. The van der Waals surface area contributed by atoms with Gasteiger partial charge in [-0.15, -0.1) is 11.3 Å². The minimum atomic E-state index is -0.466. The largest absolute Gasteiger partial charge is 0.368 e. The van der Waals surface area contributed by atoms with Gasteiger partial charge in [0.1, 0.15) is 4.34 Å². The summed E-state index contributed by atoms with van der Waals surface area (Å²) in [5.41, 5.74) is 7.54. The first kappa shape index (κ1) is 22.3. The van der Waals surface area contributed by atoms with Gasteiger partial charge in [-0.25, -0.2) is 0 Å². The van der Waals surface area contributed by atoms with Gasteiger partial charge in [-0.05, 0) is 59.8 Å². The zero-order chi connectivity index (χ0) is 22.1. The van der Waals surface area contributed by atoms with Crippen LogP contribution in [0.1, 0.15) is 23.9 Å². The van der Waals surface area contributed by atoms with Crippen molar-refractivity contribution in [3.05, 3.63) is 50.0 Å². The SMILES string of the molecule is C[C@@H](C(=O)NCc1cc2cnccc2[nH]1)N1CC(Cc2cc(Br)c(Cl)s2)CC1C(N)=O. The van der Waals surface area contributed by atoms with Gasteiger partial charge >= 0.3 is 0 Å². The van der Waals surface area contributed by atoms with Gasteiger partial charge in [0.15, 0.2) is 0 Å². The Morgan fingerprint density at radius 1 is 1.48 bits per heavy atom. The minimum Gasteiger partial charge on any atom is -0.368 e. The smallest absolute Gasteiger partial charge is 0.237 e. The second-order valence-corrected chi connectivity index (χ2v) is 10.5. The molecule has 10 heteroatoms. The molecule has 0 spiro atoms. The van der Waals surface area contributed by atoms with Crippen molar-refractivity contribution in [2.24, 2.45) is 11.7 Å². The lowest BCUT2D eigenvalue weighted by atomic mass is 10.0. The molecule has 0 saturated carbocycles. The van der Waals surface area contributed by atoms with Crippen LogP contribution in [0.2, 0.25) is 4.34 Å². The molecule has 1 aliphatic rings. The van der Waals surface area contributed by atoms with Crippen LogP contribution in [0.4, 0.5) is 0 Å². The summed E-state index contributed by atoms with van der Waals surface area (Å²) in [7, 11) is 0. The van der Waals surface area contributed by atoms with Crippen molar-refractivity contribution in [2.45, 2.75) is 38.4 Å². The number of rotatable bonds is 7. The molecule has 1 aliphatic heterocycles. The number of nitrogens with one attached hydrogen (secondary N) is 2. The van der Waals surface area contributed by atoms with Crippen LogP contribution in [0.5, 0.6) is 0 Å². The molecular formula is C21H23BrClN5O2S. The van der Waals surface area contributed by atoms with E-state index in [4.69, 9.17) is 17.3 Å². The molecule has 1 fully saturated rings. The fraction of sp³-hybridized carbons (Fsp3) is 0.381. The standard InChI is InChI=1S/C21H23BrClN5O2S/c1-11(21(30)26-9-14-6-13-8-25-3-2-17(13)27-14)28-10-12(5-18(28)20(24)29)4-15-7-16(22)19(23)31-15/h2-3,6-8,11-12,18,27H,4-5,9-10H2,1H3,(H2,24,29)(H,26,30)/t11-,12?,18?/m0/s1. The van der Waals surface area contributed by atoms with Crippen molar-refractivity contribution in [3.8, 4) is 0 Å². The van der Waals surface area contributed by atoms with Crippen LogP contribution >= 0.6 is 38.9 Å². The van der Waals surface area contributed by atoms with Gasteiger partial charge in [0.25, 0.3) is 0 Å². The van der Waals surface area contributed by atoms with E-state index < -0.39 is 18.0 Å². The van der Waals surface area contributed by atoms with Gasteiger partial charge in [-0.1, -0.05) is 11.6 Å². The van der Waals surface area contributed by atoms with Gasteiger partial charge in [0.2, 0.25) is 11.8 Å². The molecule has 4 rings (SSSR count). The molecule has 0 aromatic carbocycles. The molecule has 1 saturated heterocycles. The number of nitrogens with zero attached hydrogens (tertiary/aromatic N) is 2. The molecule has 164 valence electrons. The van der Waals surface area contributed by atoms with Crippen molar-refractivity contribution in [2.75, 3.05) is 6.54 Å². The number of pyridine rings is 1. The number of primary amides is 1. The third-order valence-electron chi connectivity index (χ3n) is 5.75. The molecule has 3 aromatic heterocycles. The highest BCUT2D eigenvalue weighted by molar-refractivity contribution is 9.10. The number of aromatic nitrogens is 2. The fourth-order valence-electron chi connectivity index (χ4n) is 4.19. The predicted octanol–water partition coefficient (Wildman–Crippen LogP) is 3.46. The third kappa shape index (κ3) is 4.95. The second kappa shape index (κ2) is 9.28. The topological polar surface area (TPSA) is 104 Å². The van der Waals surface area contributed by atoms with E-state index in [1.807, 2.05) is 30.0 Å². The molecule has 3 atom stereocenters. The van der Waals surface area contributed by atoms with E-state index in [1.165, 1.54) is 11.3 Å². The molecule has 4 N–H and O–H groups in total. The average molecular weight is 525 g/mol. The van der Waals surface area contributed by atoms with Crippen molar-refractivity contribution < 1.29 is 9.59 Å². The van der Waals surface area contributed by atoms with Crippen LogP contribution < -0.4 is 11.1 Å². The summed E-state index contributed by atoms with van der Waals surface area (Å²) in [6, 6.07) is 4.96. The zero-order valence-corrected chi connectivity index (χ0v) is 20.1. The quantitative estimate of drug-likeness (QED) is 0.440. The average Bonchev–Trinajstić information content (AvgIpc) is 3.42. The summed E-state index contributed by atoms with van der Waals surface area (Å²) in [5.74, 6) is -0.295. The normalized spacial score (nSPS) is 20.2. The van der Waals surface area contributed by atoms with Crippen LogP contribution in [0.25, 0.3) is 10.9 Å². The summed E-state index contributed by atoms with van der Waals surface area (Å²) < 4.78 is 1.60. The van der Waals surface area contributed by atoms with Gasteiger partial charge in [0, 0.05) is 44.9 Å². The van der Waals surface area contributed by atoms with Crippen LogP contribution in [0, 0.1) is 5.92 Å². The highest BCUT2D eigenvalue weighted by Crippen LogP contribution is 2.36. The summed E-state index contributed by atoms with van der Waals surface area (Å²) in [5, 5.41) is 3.96. The van der Waals surface area contributed by atoms with Crippen molar-refractivity contribution >= 4 is 61.6 Å². The molecule has 4 heterocycles. The van der Waals surface area contributed by atoms with E-state index in [-0.39, 0.29) is 11.8 Å². The van der Waals surface area contributed by atoms with E-state index >= 15 is 0 Å². The predicted molar refractivity (Wildman–Crippen MR) is 126 cm³/mol. The first-order valence-corrected chi connectivity index (χ1v) is 12.0. The fourth-order valence-corrected chi connectivity index (χ4v) is 6.10. The summed E-state index contributed by atoms with van der Waals surface area (Å²) in [6.07, 6.45) is 4.93. The molecule has 3 aromatic rings. The lowest BCUT2D eigenvalue weighted by Gasteiger charge is -2.28. The molecule has 0 radical (unpaired) electrons. The molecule has 7 nitrogen and oxygen atoms in total. The van der Waals surface area contributed by atoms with Gasteiger partial charge < -0.3 is 16.0 Å². The monoisotopic (exact) mass is 523 g/mol. The Morgan fingerprint density at radius 3 is 2.97 bits per heavy atom. The van der Waals surface area contributed by atoms with Crippen molar-refractivity contribution in [1.29, 1.82) is 0 Å². The molecule has 2 amide bonds. The molecule has 2 unspecified atom stereocenters. The number of nitrogens with two attached hydrogens (primary N) is 1. The third-order valence-corrected chi connectivity index (χ3v) is 8.24. The van der Waals surface area contributed by atoms with E-state index in [1.54, 1.807) is 12.4 Å². The number of carbonyl (C=O) groups is 2. The molecular weight excluding hydrogens is 502 g/mol. The van der Waals surface area contributed by atoms with E-state index in [9.17, 15) is 9.59 Å². The highest BCUT2D eigenvalue weighted by Gasteiger charge is 2.40. The number of amides is 2. The highest BCUT2D eigenvalue weighted by atomic mass is 79.9. The summed E-state index contributed by atoms with van der Waals surface area (Å²) in [4.78, 5) is 35.4. The Kier molecular flexibility index (Phi) is 6.66. The number of hydrogen-bond donors (Lipinski definition) is 3. The number of carbonyl (C=O) groups excluding carboxylic acids is 2. The van der Waals surface area contributed by atoms with Crippen LogP contribution in [-0.4, -0.2) is 45.3 Å². The maximum atomic E-state index is 12.8. The van der Waals surface area contributed by atoms with Gasteiger partial charge in [0.05, 0.1) is 18.6 Å². The number of H-pyrrole nitrogens is 1. The Hall–Kier alpha value is -1.94. The lowest BCUT2D eigenvalue weighted by Crippen LogP contribution is -2.51. The second-order valence-electron chi connectivity index (χ2n) is 7.91. The summed E-state index contributed by atoms with van der Waals surface area (Å²) in [6.45, 7) is 2.83. The number of hydrogen-bond acceptors (Lipinski definition) is 5.